The first-order chi connectivity index (χ1) is 17.4. The van der Waals surface area contributed by atoms with Crippen molar-refractivity contribution in [2.24, 2.45) is 5.92 Å². The van der Waals surface area contributed by atoms with Gasteiger partial charge in [0.15, 0.2) is 6.23 Å². The Balaban J connectivity index is 1.77. The zero-order chi connectivity index (χ0) is 27.3. The average molecular weight is 555 g/mol. The van der Waals surface area contributed by atoms with Crippen LogP contribution in [0.1, 0.15) is 27.7 Å². The SMILES string of the molecule is CC1=CN([C@H]2O[C@@H](COP(=O)(N[C@@H](C)C(=O)OC(C)C)Oc3ccccc3)[C@@H](O)C2C#N)C(S)NC1=O. The number of hydrogen-bond acceptors (Lipinski definition) is 11. The number of rotatable bonds is 10. The summed E-state index contributed by atoms with van der Waals surface area (Å²) in [6.07, 6.45) is -2.28. The summed E-state index contributed by atoms with van der Waals surface area (Å²) < 4.78 is 35.9. The first-order valence-corrected chi connectivity index (χ1v) is 13.7. The fraction of sp³-hybridized carbons (Fsp3) is 0.522. The third-order valence-electron chi connectivity index (χ3n) is 5.49. The van der Waals surface area contributed by atoms with Crippen molar-refractivity contribution in [2.45, 2.75) is 63.8 Å². The molecule has 37 heavy (non-hydrogen) atoms. The molecule has 0 bridgehead atoms. The lowest BCUT2D eigenvalue weighted by atomic mass is 10.0. The van der Waals surface area contributed by atoms with Gasteiger partial charge in [0.25, 0.3) is 5.91 Å². The van der Waals surface area contributed by atoms with E-state index in [0.29, 0.717) is 5.57 Å². The standard InChI is InChI=1S/C23H31N4O8PS/c1-13(2)33-22(30)15(4)26-36(31,35-16-8-6-5-7-9-16)32-12-18-19(28)17(10-24)21(34-18)27-11-14(3)20(29)25-23(27)37/h5-9,11,13,15,17-19,21,23,28,37H,12H2,1-4H3,(H,25,29)(H,26,31)/t15-,17?,18-,19-,21-,23?,36?/m0/s1. The molecule has 3 N–H and O–H groups in total. The van der Waals surface area contributed by atoms with E-state index in [1.807, 2.05) is 6.07 Å². The van der Waals surface area contributed by atoms with Crippen LogP contribution in [0.5, 0.6) is 5.75 Å². The fourth-order valence-electron chi connectivity index (χ4n) is 3.65. The van der Waals surface area contributed by atoms with E-state index in [1.54, 1.807) is 51.1 Å². The minimum Gasteiger partial charge on any atom is -0.462 e. The molecule has 12 nitrogen and oxygen atoms in total. The maximum atomic E-state index is 13.7. The molecule has 2 heterocycles. The largest absolute Gasteiger partial charge is 0.462 e. The van der Waals surface area contributed by atoms with Gasteiger partial charge in [-0.3, -0.25) is 14.1 Å². The van der Waals surface area contributed by atoms with Crippen molar-refractivity contribution in [3.8, 4) is 11.8 Å². The smallest absolute Gasteiger partial charge is 0.459 e. The zero-order valence-electron chi connectivity index (χ0n) is 20.8. The molecular weight excluding hydrogens is 523 g/mol. The highest BCUT2D eigenvalue weighted by Gasteiger charge is 2.49. The van der Waals surface area contributed by atoms with Crippen molar-refractivity contribution >= 4 is 32.3 Å². The molecule has 2 aliphatic rings. The summed E-state index contributed by atoms with van der Waals surface area (Å²) in [5.41, 5.74) is -0.432. The molecule has 2 aliphatic heterocycles. The lowest BCUT2D eigenvalue weighted by molar-refractivity contribution is -0.149. The van der Waals surface area contributed by atoms with Crippen LogP contribution in [0.3, 0.4) is 0 Å². The minimum absolute atomic E-state index is 0.214. The van der Waals surface area contributed by atoms with Gasteiger partial charge in [0, 0.05) is 11.8 Å². The Labute approximate surface area is 220 Å². The molecule has 0 aliphatic carbocycles. The number of amides is 1. The van der Waals surface area contributed by atoms with Crippen LogP contribution in [0, 0.1) is 17.2 Å². The summed E-state index contributed by atoms with van der Waals surface area (Å²) in [5.74, 6) is -1.81. The van der Waals surface area contributed by atoms with Gasteiger partial charge in [-0.05, 0) is 39.8 Å². The van der Waals surface area contributed by atoms with E-state index in [0.717, 1.165) is 0 Å². The minimum atomic E-state index is -4.21. The number of nitrogens with zero attached hydrogens (tertiary/aromatic N) is 2. The molecule has 1 fully saturated rings. The number of carbonyl (C=O) groups excluding carboxylic acids is 2. The second-order valence-corrected chi connectivity index (χ2v) is 11.0. The number of ether oxygens (including phenoxy) is 2. The van der Waals surface area contributed by atoms with E-state index < -0.39 is 56.2 Å². The van der Waals surface area contributed by atoms with Gasteiger partial charge in [-0.1, -0.05) is 18.2 Å². The fourth-order valence-corrected chi connectivity index (χ4v) is 5.47. The van der Waals surface area contributed by atoms with Gasteiger partial charge in [-0.2, -0.15) is 10.3 Å². The molecule has 1 amide bonds. The van der Waals surface area contributed by atoms with Crippen LogP contribution in [0.4, 0.5) is 0 Å². The van der Waals surface area contributed by atoms with Crippen molar-refractivity contribution in [1.82, 2.24) is 15.3 Å². The number of esters is 1. The van der Waals surface area contributed by atoms with Gasteiger partial charge in [0.05, 0.1) is 18.8 Å². The van der Waals surface area contributed by atoms with Crippen LogP contribution in [0.2, 0.25) is 0 Å². The van der Waals surface area contributed by atoms with E-state index in [2.05, 4.69) is 23.0 Å². The quantitative estimate of drug-likeness (QED) is 0.190. The highest BCUT2D eigenvalue weighted by molar-refractivity contribution is 7.80. The van der Waals surface area contributed by atoms with Crippen LogP contribution < -0.4 is 14.9 Å². The highest BCUT2D eigenvalue weighted by atomic mass is 32.1. The molecule has 3 unspecified atom stereocenters. The van der Waals surface area contributed by atoms with Crippen molar-refractivity contribution in [3.63, 3.8) is 0 Å². The zero-order valence-corrected chi connectivity index (χ0v) is 22.6. The number of nitrogens with one attached hydrogen (secondary N) is 2. The predicted octanol–water partition coefficient (Wildman–Crippen LogP) is 1.89. The van der Waals surface area contributed by atoms with Gasteiger partial charge in [-0.15, -0.1) is 12.6 Å². The van der Waals surface area contributed by atoms with E-state index in [4.69, 9.17) is 18.5 Å². The summed E-state index contributed by atoms with van der Waals surface area (Å²) in [7, 11) is -4.21. The average Bonchev–Trinajstić information content (AvgIpc) is 3.15. The third-order valence-corrected chi connectivity index (χ3v) is 7.53. The van der Waals surface area contributed by atoms with Crippen LogP contribution in [0.15, 0.2) is 42.1 Å². The molecule has 1 aromatic rings. The summed E-state index contributed by atoms with van der Waals surface area (Å²) in [5, 5.41) is 25.7. The van der Waals surface area contributed by atoms with Crippen LogP contribution in [-0.2, 0) is 28.2 Å². The number of hydrogen-bond donors (Lipinski definition) is 4. The Hall–Kier alpha value is -2.59. The summed E-state index contributed by atoms with van der Waals surface area (Å²) in [4.78, 5) is 25.7. The Bertz CT molecular complexity index is 1100. The maximum absolute atomic E-state index is 13.7. The third kappa shape index (κ3) is 7.25. The molecule has 1 saturated heterocycles. The van der Waals surface area contributed by atoms with E-state index >= 15 is 0 Å². The van der Waals surface area contributed by atoms with Gasteiger partial charge in [0.1, 0.15) is 35.4 Å². The van der Waals surface area contributed by atoms with Crippen molar-refractivity contribution in [2.75, 3.05) is 6.61 Å². The molecule has 0 aromatic heterocycles. The normalized spacial score (nSPS) is 28.1. The second kappa shape index (κ2) is 12.3. The van der Waals surface area contributed by atoms with E-state index in [-0.39, 0.29) is 17.8 Å². The number of aliphatic hydroxyl groups excluding tert-OH is 1. The van der Waals surface area contributed by atoms with E-state index in [9.17, 15) is 24.5 Å². The van der Waals surface area contributed by atoms with Crippen LogP contribution in [0.25, 0.3) is 0 Å². The molecule has 1 aromatic carbocycles. The first-order valence-electron chi connectivity index (χ1n) is 11.6. The van der Waals surface area contributed by atoms with Crippen LogP contribution >= 0.6 is 20.4 Å². The molecular formula is C23H31N4O8PS. The number of para-hydroxylation sites is 1. The maximum Gasteiger partial charge on any atom is 0.459 e. The van der Waals surface area contributed by atoms with Gasteiger partial charge < -0.3 is 29.3 Å². The number of aliphatic hydroxyl groups is 1. The summed E-state index contributed by atoms with van der Waals surface area (Å²) >= 11 is 4.33. The molecule has 0 radical (unpaired) electrons. The van der Waals surface area contributed by atoms with Crippen molar-refractivity contribution in [1.29, 1.82) is 5.26 Å². The Morgan fingerprint density at radius 3 is 2.65 bits per heavy atom. The molecule has 14 heteroatoms. The molecule has 3 rings (SSSR count). The highest BCUT2D eigenvalue weighted by Crippen LogP contribution is 2.46. The van der Waals surface area contributed by atoms with Gasteiger partial charge in [0.2, 0.25) is 0 Å². The van der Waals surface area contributed by atoms with Crippen LogP contribution in [-0.4, -0.2) is 64.6 Å². The summed E-state index contributed by atoms with van der Waals surface area (Å²) in [6.45, 7) is 5.95. The van der Waals surface area contributed by atoms with E-state index in [1.165, 1.54) is 18.0 Å². The van der Waals surface area contributed by atoms with Crippen molar-refractivity contribution in [3.05, 3.63) is 42.1 Å². The molecule has 0 spiro atoms. The number of carbonyl (C=O) groups is 2. The molecule has 202 valence electrons. The number of thiol groups is 1. The predicted molar refractivity (Wildman–Crippen MR) is 135 cm³/mol. The second-order valence-electron chi connectivity index (χ2n) is 8.85. The Morgan fingerprint density at radius 2 is 2.03 bits per heavy atom. The Kier molecular flexibility index (Phi) is 9.63. The topological polar surface area (TPSA) is 159 Å². The first kappa shape index (κ1) is 29.0. The van der Waals surface area contributed by atoms with Gasteiger partial charge in [-0.25, -0.2) is 4.57 Å². The molecule has 7 atom stereocenters. The number of benzene rings is 1. The van der Waals surface area contributed by atoms with Gasteiger partial charge >= 0.3 is 13.7 Å². The summed E-state index contributed by atoms with van der Waals surface area (Å²) in [6, 6.07) is 9.16. The lowest BCUT2D eigenvalue weighted by Crippen LogP contribution is -2.52. The lowest BCUT2D eigenvalue weighted by Gasteiger charge is -2.37. The monoisotopic (exact) mass is 554 g/mol. The molecule has 0 saturated carbocycles. The number of nitriles is 1. The Morgan fingerprint density at radius 1 is 1.35 bits per heavy atom. The van der Waals surface area contributed by atoms with Crippen molar-refractivity contribution < 1.29 is 37.8 Å².